The van der Waals surface area contributed by atoms with E-state index in [1.54, 1.807) is 19.1 Å². The predicted octanol–water partition coefficient (Wildman–Crippen LogP) is 1.48. The van der Waals surface area contributed by atoms with E-state index in [1.807, 2.05) is 24.6 Å². The Morgan fingerprint density at radius 2 is 2.28 bits per heavy atom. The summed E-state index contributed by atoms with van der Waals surface area (Å²) in [6, 6.07) is 5.27. The number of hydrogen-bond acceptors (Lipinski definition) is 4. The molecule has 18 heavy (non-hydrogen) atoms. The molecule has 1 unspecified atom stereocenters. The number of aryl methyl sites for hydroxylation is 2. The maximum absolute atomic E-state index is 11.5. The predicted molar refractivity (Wildman–Crippen MR) is 67.0 cm³/mol. The molecule has 0 fully saturated rings. The van der Waals surface area contributed by atoms with Gasteiger partial charge in [-0.3, -0.25) is 0 Å². The van der Waals surface area contributed by atoms with Gasteiger partial charge in [0.15, 0.2) is 6.10 Å². The van der Waals surface area contributed by atoms with Crippen molar-refractivity contribution in [3.8, 4) is 0 Å². The lowest BCUT2D eigenvalue weighted by atomic mass is 10.1. The Labute approximate surface area is 105 Å². The summed E-state index contributed by atoms with van der Waals surface area (Å²) in [6.07, 6.45) is -1.25. The molecule has 96 valence electrons. The highest BCUT2D eigenvalue weighted by molar-refractivity contribution is 5.81. The lowest BCUT2D eigenvalue weighted by Gasteiger charge is -2.09. The molecular weight excluding hydrogens is 232 g/mol. The lowest BCUT2D eigenvalue weighted by molar-refractivity contribution is -0.153. The van der Waals surface area contributed by atoms with Crippen LogP contribution in [0.15, 0.2) is 18.2 Å². The van der Waals surface area contributed by atoms with Crippen molar-refractivity contribution >= 4 is 17.0 Å². The highest BCUT2D eigenvalue weighted by Gasteiger charge is 2.19. The smallest absolute Gasteiger partial charge is 0.339 e. The molecule has 5 nitrogen and oxygen atoms in total. The maximum atomic E-state index is 11.5. The van der Waals surface area contributed by atoms with E-state index in [1.165, 1.54) is 0 Å². The molecule has 0 saturated heterocycles. The van der Waals surface area contributed by atoms with Gasteiger partial charge in [0.05, 0.1) is 17.6 Å². The number of benzene rings is 1. The van der Waals surface area contributed by atoms with Crippen LogP contribution >= 0.6 is 0 Å². The molecule has 0 aliphatic rings. The molecular formula is C13H16N2O3. The number of aliphatic hydroxyl groups excluding tert-OH is 1. The minimum Gasteiger partial charge on any atom is -0.464 e. The number of ether oxygens (including phenoxy) is 1. The number of carbonyl (C=O) groups is 1. The van der Waals surface area contributed by atoms with Crippen molar-refractivity contribution in [3.05, 3.63) is 29.6 Å². The molecule has 1 aromatic heterocycles. The highest BCUT2D eigenvalue weighted by Crippen LogP contribution is 2.21. The second kappa shape index (κ2) is 4.78. The van der Waals surface area contributed by atoms with Crippen molar-refractivity contribution in [2.75, 3.05) is 6.61 Å². The maximum Gasteiger partial charge on any atom is 0.339 e. The van der Waals surface area contributed by atoms with Crippen LogP contribution in [0.3, 0.4) is 0 Å². The molecule has 0 amide bonds. The van der Waals surface area contributed by atoms with E-state index in [2.05, 4.69) is 4.98 Å². The molecule has 1 N–H and O–H groups in total. The summed E-state index contributed by atoms with van der Waals surface area (Å²) >= 11 is 0. The van der Waals surface area contributed by atoms with Gasteiger partial charge in [-0.2, -0.15) is 0 Å². The summed E-state index contributed by atoms with van der Waals surface area (Å²) in [7, 11) is 1.92. The Bertz CT molecular complexity index is 589. The van der Waals surface area contributed by atoms with Crippen LogP contribution in [0.4, 0.5) is 0 Å². The first kappa shape index (κ1) is 12.6. The number of aliphatic hydroxyl groups is 1. The third kappa shape index (κ3) is 2.09. The monoisotopic (exact) mass is 248 g/mol. The standard InChI is InChI=1S/C13H16N2O3/c1-4-18-13(17)12(16)9-5-6-11-10(7-9)14-8(2)15(11)3/h5-7,12,16H,4H2,1-3H3. The number of nitrogens with zero attached hydrogens (tertiary/aromatic N) is 2. The van der Waals surface area contributed by atoms with Gasteiger partial charge >= 0.3 is 5.97 Å². The summed E-state index contributed by atoms with van der Waals surface area (Å²) in [6.45, 7) is 3.86. The summed E-state index contributed by atoms with van der Waals surface area (Å²) < 4.78 is 6.74. The average Bonchev–Trinajstić information content (AvgIpc) is 2.64. The Kier molecular flexibility index (Phi) is 3.34. The van der Waals surface area contributed by atoms with E-state index in [9.17, 15) is 9.90 Å². The Balaban J connectivity index is 2.38. The van der Waals surface area contributed by atoms with Gasteiger partial charge in [-0.05, 0) is 31.5 Å². The molecule has 1 heterocycles. The van der Waals surface area contributed by atoms with Gasteiger partial charge in [0.1, 0.15) is 5.82 Å². The number of imidazole rings is 1. The van der Waals surface area contributed by atoms with Crippen LogP contribution in [0, 0.1) is 6.92 Å². The van der Waals surface area contributed by atoms with Crippen LogP contribution < -0.4 is 0 Å². The quantitative estimate of drug-likeness (QED) is 0.836. The highest BCUT2D eigenvalue weighted by atomic mass is 16.5. The number of carbonyl (C=O) groups excluding carboxylic acids is 1. The van der Waals surface area contributed by atoms with Crippen LogP contribution in [-0.4, -0.2) is 27.2 Å². The van der Waals surface area contributed by atoms with E-state index in [4.69, 9.17) is 4.74 Å². The molecule has 0 saturated carbocycles. The van der Waals surface area contributed by atoms with Gasteiger partial charge in [0, 0.05) is 7.05 Å². The summed E-state index contributed by atoms with van der Waals surface area (Å²) in [5, 5.41) is 9.85. The van der Waals surface area contributed by atoms with Crippen molar-refractivity contribution in [2.45, 2.75) is 20.0 Å². The first-order valence-electron chi connectivity index (χ1n) is 5.82. The molecule has 0 aliphatic carbocycles. The van der Waals surface area contributed by atoms with Gasteiger partial charge in [-0.25, -0.2) is 9.78 Å². The summed E-state index contributed by atoms with van der Waals surface area (Å²) in [5.74, 6) is 0.247. The van der Waals surface area contributed by atoms with E-state index >= 15 is 0 Å². The zero-order valence-electron chi connectivity index (χ0n) is 10.7. The largest absolute Gasteiger partial charge is 0.464 e. The second-order valence-corrected chi connectivity index (χ2v) is 4.12. The van der Waals surface area contributed by atoms with E-state index in [0.717, 1.165) is 16.9 Å². The van der Waals surface area contributed by atoms with Crippen LogP contribution in [0.2, 0.25) is 0 Å². The number of aromatic nitrogens is 2. The first-order chi connectivity index (χ1) is 8.54. The Morgan fingerprint density at radius 3 is 2.94 bits per heavy atom. The molecule has 2 aromatic rings. The third-order valence-electron chi connectivity index (χ3n) is 2.95. The zero-order valence-corrected chi connectivity index (χ0v) is 10.7. The molecule has 2 rings (SSSR count). The number of fused-ring (bicyclic) bond motifs is 1. The first-order valence-corrected chi connectivity index (χ1v) is 5.82. The second-order valence-electron chi connectivity index (χ2n) is 4.12. The van der Waals surface area contributed by atoms with Gasteiger partial charge in [-0.1, -0.05) is 6.07 Å². The zero-order chi connectivity index (χ0) is 13.3. The van der Waals surface area contributed by atoms with Crippen molar-refractivity contribution in [3.63, 3.8) is 0 Å². The molecule has 0 spiro atoms. The molecule has 5 heteroatoms. The van der Waals surface area contributed by atoms with Crippen LogP contribution in [0.1, 0.15) is 24.4 Å². The molecule has 0 aliphatic heterocycles. The van der Waals surface area contributed by atoms with Crippen LogP contribution in [0.25, 0.3) is 11.0 Å². The SMILES string of the molecule is CCOC(=O)C(O)c1ccc2c(c1)nc(C)n2C. The van der Waals surface area contributed by atoms with Gasteiger partial charge < -0.3 is 14.4 Å². The number of rotatable bonds is 3. The minimum atomic E-state index is -1.25. The fourth-order valence-electron chi connectivity index (χ4n) is 1.86. The fraction of sp³-hybridized carbons (Fsp3) is 0.385. The summed E-state index contributed by atoms with van der Waals surface area (Å²) in [4.78, 5) is 15.8. The fourth-order valence-corrected chi connectivity index (χ4v) is 1.86. The van der Waals surface area contributed by atoms with Crippen molar-refractivity contribution < 1.29 is 14.6 Å². The lowest BCUT2D eigenvalue weighted by Crippen LogP contribution is -2.15. The Morgan fingerprint density at radius 1 is 1.56 bits per heavy atom. The molecule has 0 radical (unpaired) electrons. The minimum absolute atomic E-state index is 0.251. The van der Waals surface area contributed by atoms with Crippen molar-refractivity contribution in [1.29, 1.82) is 0 Å². The topological polar surface area (TPSA) is 64.3 Å². The third-order valence-corrected chi connectivity index (χ3v) is 2.95. The van der Waals surface area contributed by atoms with Crippen molar-refractivity contribution in [2.24, 2.45) is 7.05 Å². The molecule has 1 aromatic carbocycles. The molecule has 0 bridgehead atoms. The normalized spacial score (nSPS) is 12.7. The van der Waals surface area contributed by atoms with E-state index < -0.39 is 12.1 Å². The van der Waals surface area contributed by atoms with Crippen molar-refractivity contribution in [1.82, 2.24) is 9.55 Å². The van der Waals surface area contributed by atoms with Gasteiger partial charge in [0.2, 0.25) is 0 Å². The van der Waals surface area contributed by atoms with Crippen LogP contribution in [-0.2, 0) is 16.6 Å². The molecule has 1 atom stereocenters. The Hall–Kier alpha value is -1.88. The van der Waals surface area contributed by atoms with E-state index in [0.29, 0.717) is 5.56 Å². The number of esters is 1. The van der Waals surface area contributed by atoms with Gasteiger partial charge in [-0.15, -0.1) is 0 Å². The summed E-state index contributed by atoms with van der Waals surface area (Å²) in [5.41, 5.74) is 2.22. The van der Waals surface area contributed by atoms with Crippen LogP contribution in [0.5, 0.6) is 0 Å². The van der Waals surface area contributed by atoms with Gasteiger partial charge in [0.25, 0.3) is 0 Å². The average molecular weight is 248 g/mol. The number of hydrogen-bond donors (Lipinski definition) is 1. The van der Waals surface area contributed by atoms with E-state index in [-0.39, 0.29) is 6.61 Å².